The number of aliphatic hydroxyl groups excluding tert-OH is 1. The van der Waals surface area contributed by atoms with Crippen LogP contribution >= 0.6 is 0 Å². The molecular weight excluding hydrogens is 138 g/mol. The van der Waals surface area contributed by atoms with Crippen LogP contribution in [-0.2, 0) is 0 Å². The molecular formula is C9H21NO. The molecule has 0 aromatic rings. The quantitative estimate of drug-likeness (QED) is 0.555. The first-order chi connectivity index (χ1) is 5.31. The van der Waals surface area contributed by atoms with E-state index in [1.54, 1.807) is 0 Å². The topological polar surface area (TPSA) is 46.2 Å². The zero-order chi connectivity index (χ0) is 8.53. The van der Waals surface area contributed by atoms with Crippen molar-refractivity contribution in [1.29, 1.82) is 0 Å². The van der Waals surface area contributed by atoms with Gasteiger partial charge in [0.25, 0.3) is 0 Å². The molecule has 3 N–H and O–H groups in total. The zero-order valence-electron chi connectivity index (χ0n) is 7.55. The van der Waals surface area contributed by atoms with Crippen molar-refractivity contribution in [3.63, 3.8) is 0 Å². The average molecular weight is 159 g/mol. The van der Waals surface area contributed by atoms with E-state index < -0.39 is 0 Å². The lowest BCUT2D eigenvalue weighted by Crippen LogP contribution is -2.07. The molecule has 0 saturated heterocycles. The molecule has 0 saturated carbocycles. The molecule has 0 spiro atoms. The van der Waals surface area contributed by atoms with Gasteiger partial charge in [-0.1, -0.05) is 19.8 Å². The van der Waals surface area contributed by atoms with E-state index in [4.69, 9.17) is 5.73 Å². The maximum absolute atomic E-state index is 9.37. The summed E-state index contributed by atoms with van der Waals surface area (Å²) in [6.45, 7) is 2.90. The van der Waals surface area contributed by atoms with Crippen LogP contribution in [-0.4, -0.2) is 17.8 Å². The van der Waals surface area contributed by atoms with Crippen LogP contribution in [0.2, 0.25) is 0 Å². The Morgan fingerprint density at radius 2 is 1.82 bits per heavy atom. The fraction of sp³-hybridized carbons (Fsp3) is 1.00. The van der Waals surface area contributed by atoms with Crippen molar-refractivity contribution in [2.45, 2.75) is 51.6 Å². The Hall–Kier alpha value is -0.0800. The van der Waals surface area contributed by atoms with Gasteiger partial charge in [-0.2, -0.15) is 0 Å². The Bertz CT molecular complexity index is 76.0. The number of rotatable bonds is 7. The van der Waals surface area contributed by atoms with E-state index in [9.17, 15) is 5.11 Å². The Balaban J connectivity index is 3.02. The smallest absolute Gasteiger partial charge is 0.0540 e. The Kier molecular flexibility index (Phi) is 7.96. The lowest BCUT2D eigenvalue weighted by molar-refractivity contribution is 0.148. The third-order valence-electron chi connectivity index (χ3n) is 1.88. The Labute approximate surface area is 69.8 Å². The van der Waals surface area contributed by atoms with E-state index in [0.29, 0.717) is 0 Å². The zero-order valence-corrected chi connectivity index (χ0v) is 7.55. The molecule has 0 aromatic carbocycles. The van der Waals surface area contributed by atoms with Gasteiger partial charge in [0.15, 0.2) is 0 Å². The van der Waals surface area contributed by atoms with Gasteiger partial charge in [-0.3, -0.25) is 0 Å². The van der Waals surface area contributed by atoms with E-state index in [-0.39, 0.29) is 6.10 Å². The fourth-order valence-corrected chi connectivity index (χ4v) is 1.11. The molecule has 11 heavy (non-hydrogen) atoms. The van der Waals surface area contributed by atoms with Crippen molar-refractivity contribution in [2.75, 3.05) is 6.54 Å². The first-order valence-electron chi connectivity index (χ1n) is 4.69. The van der Waals surface area contributed by atoms with Gasteiger partial charge in [0.1, 0.15) is 0 Å². The minimum absolute atomic E-state index is 0.0819. The van der Waals surface area contributed by atoms with Gasteiger partial charge in [0.2, 0.25) is 0 Å². The second kappa shape index (κ2) is 8.02. The SMILES string of the molecule is CCCC[C@H](O)CCCCN. The Morgan fingerprint density at radius 1 is 1.18 bits per heavy atom. The summed E-state index contributed by atoms with van der Waals surface area (Å²) in [5.74, 6) is 0. The van der Waals surface area contributed by atoms with Crippen LogP contribution in [0.4, 0.5) is 0 Å². The minimum atomic E-state index is -0.0819. The minimum Gasteiger partial charge on any atom is -0.393 e. The molecule has 0 aromatic heterocycles. The predicted octanol–water partition coefficient (Wildman–Crippen LogP) is 1.67. The van der Waals surface area contributed by atoms with Crippen LogP contribution in [0.5, 0.6) is 0 Å². The van der Waals surface area contributed by atoms with Gasteiger partial charge in [0.05, 0.1) is 6.10 Å². The van der Waals surface area contributed by atoms with Crippen molar-refractivity contribution in [2.24, 2.45) is 5.73 Å². The molecule has 1 atom stereocenters. The first-order valence-corrected chi connectivity index (χ1v) is 4.69. The second-order valence-electron chi connectivity index (χ2n) is 3.08. The van der Waals surface area contributed by atoms with Crippen LogP contribution in [0.15, 0.2) is 0 Å². The van der Waals surface area contributed by atoms with Crippen LogP contribution in [0.1, 0.15) is 45.4 Å². The maximum atomic E-state index is 9.37. The molecule has 0 unspecified atom stereocenters. The Morgan fingerprint density at radius 3 is 2.36 bits per heavy atom. The number of nitrogens with two attached hydrogens (primary N) is 1. The molecule has 0 heterocycles. The monoisotopic (exact) mass is 159 g/mol. The molecule has 0 radical (unpaired) electrons. The number of aliphatic hydroxyl groups is 1. The summed E-state index contributed by atoms with van der Waals surface area (Å²) in [7, 11) is 0. The third-order valence-corrected chi connectivity index (χ3v) is 1.88. The summed E-state index contributed by atoms with van der Waals surface area (Å²) < 4.78 is 0. The molecule has 0 fully saturated rings. The molecule has 0 rings (SSSR count). The standard InChI is InChI=1S/C9H21NO/c1-2-3-6-9(11)7-4-5-8-10/h9,11H,2-8,10H2,1H3/t9-/m0/s1. The van der Waals surface area contributed by atoms with Crippen molar-refractivity contribution in [3.8, 4) is 0 Å². The van der Waals surface area contributed by atoms with E-state index in [1.807, 2.05) is 0 Å². The van der Waals surface area contributed by atoms with Crippen molar-refractivity contribution in [1.82, 2.24) is 0 Å². The van der Waals surface area contributed by atoms with Crippen LogP contribution in [0.25, 0.3) is 0 Å². The highest BCUT2D eigenvalue weighted by Crippen LogP contribution is 2.07. The highest BCUT2D eigenvalue weighted by Gasteiger charge is 2.01. The normalized spacial score (nSPS) is 13.4. The summed E-state index contributed by atoms with van der Waals surface area (Å²) in [5, 5.41) is 9.37. The first kappa shape index (κ1) is 10.9. The van der Waals surface area contributed by atoms with Gasteiger partial charge in [-0.15, -0.1) is 0 Å². The van der Waals surface area contributed by atoms with Crippen LogP contribution < -0.4 is 5.73 Å². The summed E-state index contributed by atoms with van der Waals surface area (Å²) in [6, 6.07) is 0. The molecule has 0 aliphatic heterocycles. The lowest BCUT2D eigenvalue weighted by Gasteiger charge is -2.08. The van der Waals surface area contributed by atoms with Gasteiger partial charge < -0.3 is 10.8 Å². The largest absolute Gasteiger partial charge is 0.393 e. The lowest BCUT2D eigenvalue weighted by atomic mass is 10.1. The molecule has 0 amide bonds. The van der Waals surface area contributed by atoms with E-state index in [2.05, 4.69) is 6.92 Å². The van der Waals surface area contributed by atoms with E-state index >= 15 is 0 Å². The van der Waals surface area contributed by atoms with Crippen molar-refractivity contribution >= 4 is 0 Å². The molecule has 0 aliphatic rings. The fourth-order valence-electron chi connectivity index (χ4n) is 1.11. The summed E-state index contributed by atoms with van der Waals surface area (Å²) in [4.78, 5) is 0. The maximum Gasteiger partial charge on any atom is 0.0540 e. The van der Waals surface area contributed by atoms with Crippen molar-refractivity contribution < 1.29 is 5.11 Å². The van der Waals surface area contributed by atoms with Crippen LogP contribution in [0.3, 0.4) is 0 Å². The average Bonchev–Trinajstić information content (AvgIpc) is 2.01. The molecule has 2 heteroatoms. The number of hydrogen-bond donors (Lipinski definition) is 2. The summed E-state index contributed by atoms with van der Waals surface area (Å²) in [5.41, 5.74) is 5.33. The third kappa shape index (κ3) is 7.82. The molecule has 2 nitrogen and oxygen atoms in total. The number of hydrogen-bond acceptors (Lipinski definition) is 2. The molecule has 0 bridgehead atoms. The van der Waals surface area contributed by atoms with Gasteiger partial charge in [0, 0.05) is 0 Å². The van der Waals surface area contributed by atoms with Gasteiger partial charge >= 0.3 is 0 Å². The van der Waals surface area contributed by atoms with E-state index in [1.165, 1.54) is 6.42 Å². The van der Waals surface area contributed by atoms with Crippen molar-refractivity contribution in [3.05, 3.63) is 0 Å². The van der Waals surface area contributed by atoms with Gasteiger partial charge in [-0.05, 0) is 32.2 Å². The number of unbranched alkanes of at least 4 members (excludes halogenated alkanes) is 2. The second-order valence-corrected chi connectivity index (χ2v) is 3.08. The van der Waals surface area contributed by atoms with Gasteiger partial charge in [-0.25, -0.2) is 0 Å². The highest BCUT2D eigenvalue weighted by molar-refractivity contribution is 4.55. The summed E-state index contributed by atoms with van der Waals surface area (Å²) in [6.07, 6.45) is 6.24. The highest BCUT2D eigenvalue weighted by atomic mass is 16.3. The predicted molar refractivity (Wildman–Crippen MR) is 48.4 cm³/mol. The van der Waals surface area contributed by atoms with E-state index in [0.717, 1.165) is 38.6 Å². The summed E-state index contributed by atoms with van der Waals surface area (Å²) >= 11 is 0. The molecule has 0 aliphatic carbocycles. The van der Waals surface area contributed by atoms with Crippen LogP contribution in [0, 0.1) is 0 Å². The molecule has 68 valence electrons.